The van der Waals surface area contributed by atoms with Crippen LogP contribution < -0.4 is 5.01 Å². The van der Waals surface area contributed by atoms with Crippen molar-refractivity contribution in [3.63, 3.8) is 0 Å². The summed E-state index contributed by atoms with van der Waals surface area (Å²) in [5.41, 5.74) is 0. The first kappa shape index (κ1) is 6.21. The topological polar surface area (TPSA) is 46.8 Å². The van der Waals surface area contributed by atoms with E-state index in [9.17, 15) is 0 Å². The van der Waals surface area contributed by atoms with Crippen LogP contribution in [0.2, 0.25) is 0 Å². The van der Waals surface area contributed by atoms with E-state index in [2.05, 4.69) is 15.5 Å². The highest BCUT2D eigenvalue weighted by atomic mass is 32.1. The predicted molar refractivity (Wildman–Crippen MR) is 33.7 cm³/mol. The average Bonchev–Trinajstić information content (AvgIpc) is 2.13. The third-order valence-electron chi connectivity index (χ3n) is 0.805. The van der Waals surface area contributed by atoms with Gasteiger partial charge in [-0.2, -0.15) is 0 Å². The molecule has 0 aromatic carbocycles. The van der Waals surface area contributed by atoms with E-state index in [4.69, 9.17) is 12.6 Å². The molecule has 1 radical (unpaired) electrons. The molecule has 49 valence electrons. The van der Waals surface area contributed by atoms with E-state index >= 15 is 0 Å². The zero-order chi connectivity index (χ0) is 6.85. The van der Waals surface area contributed by atoms with Crippen molar-refractivity contribution in [2.75, 3.05) is 19.1 Å². The van der Waals surface area contributed by atoms with Crippen LogP contribution in [0.5, 0.6) is 0 Å². The zero-order valence-electron chi connectivity index (χ0n) is 5.14. The monoisotopic (exact) mass is 144 g/mol. The SMILES string of the molecule is CN(C)n1nnnc1[S]. The predicted octanol–water partition coefficient (Wildman–Crippen LogP) is -0.573. The highest BCUT2D eigenvalue weighted by Gasteiger charge is 2.00. The molecule has 0 aliphatic carbocycles. The van der Waals surface area contributed by atoms with Gasteiger partial charge in [0.15, 0.2) is 0 Å². The standard InChI is InChI=1S/C3H6N5S/c1-7(2)8-3(9)4-5-6-8/h1-2H3. The van der Waals surface area contributed by atoms with Crippen LogP contribution >= 0.6 is 12.6 Å². The van der Waals surface area contributed by atoms with Crippen LogP contribution in [0.1, 0.15) is 0 Å². The van der Waals surface area contributed by atoms with Crippen LogP contribution in [0.3, 0.4) is 0 Å². The van der Waals surface area contributed by atoms with Gasteiger partial charge in [-0.1, -0.05) is 5.10 Å². The Bertz CT molecular complexity index is 194. The van der Waals surface area contributed by atoms with Crippen molar-refractivity contribution in [1.29, 1.82) is 0 Å². The van der Waals surface area contributed by atoms with Crippen molar-refractivity contribution in [3.8, 4) is 0 Å². The summed E-state index contributed by atoms with van der Waals surface area (Å²) in [6.07, 6.45) is 0. The molecule has 0 aliphatic heterocycles. The molecule has 0 fully saturated rings. The van der Waals surface area contributed by atoms with Crippen molar-refractivity contribution in [2.45, 2.75) is 5.16 Å². The Balaban J connectivity index is 2.94. The Labute approximate surface area is 58.0 Å². The largest absolute Gasteiger partial charge is 0.299 e. The number of aromatic nitrogens is 4. The van der Waals surface area contributed by atoms with Crippen LogP contribution in [-0.4, -0.2) is 34.4 Å². The molecule has 0 atom stereocenters. The summed E-state index contributed by atoms with van der Waals surface area (Å²) in [6, 6.07) is 0. The average molecular weight is 144 g/mol. The van der Waals surface area contributed by atoms with Crippen molar-refractivity contribution in [3.05, 3.63) is 0 Å². The first-order chi connectivity index (χ1) is 4.22. The third kappa shape index (κ3) is 1.07. The van der Waals surface area contributed by atoms with Crippen molar-refractivity contribution in [1.82, 2.24) is 20.3 Å². The van der Waals surface area contributed by atoms with Crippen molar-refractivity contribution in [2.24, 2.45) is 0 Å². The molecule has 1 aromatic heterocycles. The van der Waals surface area contributed by atoms with Gasteiger partial charge in [0.2, 0.25) is 0 Å². The molecule has 0 aliphatic rings. The summed E-state index contributed by atoms with van der Waals surface area (Å²) in [6.45, 7) is 0. The minimum Gasteiger partial charge on any atom is -0.299 e. The molecule has 6 heteroatoms. The molecular weight excluding hydrogens is 138 g/mol. The first-order valence-corrected chi connectivity index (χ1v) is 2.75. The maximum absolute atomic E-state index is 4.75. The molecule has 1 heterocycles. The molecule has 1 rings (SSSR count). The smallest absolute Gasteiger partial charge is 0.260 e. The van der Waals surface area contributed by atoms with Gasteiger partial charge in [-0.05, 0) is 23.1 Å². The van der Waals surface area contributed by atoms with E-state index in [1.807, 2.05) is 14.1 Å². The Morgan fingerprint density at radius 2 is 2.22 bits per heavy atom. The van der Waals surface area contributed by atoms with Gasteiger partial charge in [-0.25, -0.2) is 0 Å². The number of rotatable bonds is 1. The van der Waals surface area contributed by atoms with Gasteiger partial charge in [-0.3, -0.25) is 5.01 Å². The summed E-state index contributed by atoms with van der Waals surface area (Å²) in [4.78, 5) is 1.43. The van der Waals surface area contributed by atoms with E-state index in [-0.39, 0.29) is 0 Å². The maximum Gasteiger partial charge on any atom is 0.260 e. The molecule has 0 unspecified atom stereocenters. The highest BCUT2D eigenvalue weighted by Crippen LogP contribution is 1.94. The van der Waals surface area contributed by atoms with Gasteiger partial charge in [0, 0.05) is 14.1 Å². The van der Waals surface area contributed by atoms with E-state index in [0.717, 1.165) is 0 Å². The lowest BCUT2D eigenvalue weighted by Gasteiger charge is -2.09. The lowest BCUT2D eigenvalue weighted by Crippen LogP contribution is -2.26. The van der Waals surface area contributed by atoms with E-state index in [1.54, 1.807) is 5.01 Å². The van der Waals surface area contributed by atoms with Gasteiger partial charge < -0.3 is 0 Å². The number of tetrazole rings is 1. The fourth-order valence-electron chi connectivity index (χ4n) is 0.425. The second-order valence-corrected chi connectivity index (χ2v) is 2.06. The molecule has 0 saturated heterocycles. The zero-order valence-corrected chi connectivity index (χ0v) is 5.96. The quantitative estimate of drug-likeness (QED) is 0.529. The van der Waals surface area contributed by atoms with E-state index in [1.165, 1.54) is 4.79 Å². The molecule has 0 N–H and O–H groups in total. The number of nitrogens with zero attached hydrogens (tertiary/aromatic N) is 5. The first-order valence-electron chi connectivity index (χ1n) is 2.35. The van der Waals surface area contributed by atoms with Crippen molar-refractivity contribution < 1.29 is 0 Å². The lowest BCUT2D eigenvalue weighted by molar-refractivity contribution is 0.567. The summed E-state index contributed by atoms with van der Waals surface area (Å²) in [5.74, 6) is 0. The summed E-state index contributed by atoms with van der Waals surface area (Å²) < 4.78 is 0. The van der Waals surface area contributed by atoms with Gasteiger partial charge >= 0.3 is 0 Å². The van der Waals surface area contributed by atoms with Gasteiger partial charge in [0.25, 0.3) is 5.16 Å². The summed E-state index contributed by atoms with van der Waals surface area (Å²) in [7, 11) is 3.62. The van der Waals surface area contributed by atoms with Crippen LogP contribution in [0.15, 0.2) is 5.16 Å². The third-order valence-corrected chi connectivity index (χ3v) is 1.05. The number of hydrogen-bond acceptors (Lipinski definition) is 4. The molecule has 9 heavy (non-hydrogen) atoms. The van der Waals surface area contributed by atoms with Crippen LogP contribution in [0.25, 0.3) is 0 Å². The Hall–Kier alpha value is -0.910. The second kappa shape index (κ2) is 2.14. The molecule has 1 aromatic rings. The molecule has 0 amide bonds. The van der Waals surface area contributed by atoms with Crippen LogP contribution in [-0.2, 0) is 0 Å². The molecule has 0 bridgehead atoms. The fraction of sp³-hybridized carbons (Fsp3) is 0.667. The van der Waals surface area contributed by atoms with Gasteiger partial charge in [0.1, 0.15) is 0 Å². The summed E-state index contributed by atoms with van der Waals surface area (Å²) in [5, 5.41) is 12.5. The Morgan fingerprint density at radius 3 is 2.44 bits per heavy atom. The normalized spacial score (nSPS) is 9.56. The second-order valence-electron chi connectivity index (χ2n) is 1.70. The minimum absolute atomic E-state index is 0.375. The van der Waals surface area contributed by atoms with Crippen LogP contribution in [0, 0.1) is 0 Å². The molecular formula is C3H6N5S. The lowest BCUT2D eigenvalue weighted by atomic mass is 11.1. The van der Waals surface area contributed by atoms with Crippen LogP contribution in [0.4, 0.5) is 0 Å². The Morgan fingerprint density at radius 1 is 1.56 bits per heavy atom. The Kier molecular flexibility index (Phi) is 1.48. The summed E-state index contributed by atoms with van der Waals surface area (Å²) >= 11 is 4.75. The minimum atomic E-state index is 0.375. The molecule has 0 spiro atoms. The van der Waals surface area contributed by atoms with E-state index < -0.39 is 0 Å². The molecule has 5 nitrogen and oxygen atoms in total. The molecule has 0 saturated carbocycles. The van der Waals surface area contributed by atoms with Gasteiger partial charge in [0.05, 0.1) is 0 Å². The van der Waals surface area contributed by atoms with Gasteiger partial charge in [-0.15, -0.1) is 4.79 Å². The maximum atomic E-state index is 4.75. The van der Waals surface area contributed by atoms with Crippen molar-refractivity contribution >= 4 is 12.6 Å². The highest BCUT2D eigenvalue weighted by molar-refractivity contribution is 7.80. The fourth-order valence-corrected chi connectivity index (χ4v) is 0.662. The number of hydrogen-bond donors (Lipinski definition) is 0. The van der Waals surface area contributed by atoms with E-state index in [0.29, 0.717) is 5.16 Å².